The fourth-order valence-corrected chi connectivity index (χ4v) is 3.01. The van der Waals surface area contributed by atoms with Gasteiger partial charge >= 0.3 is 0 Å². The van der Waals surface area contributed by atoms with E-state index in [1.807, 2.05) is 12.3 Å². The maximum Gasteiger partial charge on any atom is 0.0513 e. The van der Waals surface area contributed by atoms with E-state index in [1.54, 1.807) is 6.20 Å². The van der Waals surface area contributed by atoms with E-state index in [9.17, 15) is 0 Å². The second-order valence-corrected chi connectivity index (χ2v) is 5.10. The number of hydrogen-bond acceptors (Lipinski definition) is 2. The van der Waals surface area contributed by atoms with Gasteiger partial charge < -0.3 is 10.3 Å². The molecule has 0 bridgehead atoms. The highest BCUT2D eigenvalue weighted by Gasteiger charge is 2.19. The SMILES string of the molecule is C=C1NCCc2c(-c3cccnc3)[nH]c3cccc1c23. The van der Waals surface area contributed by atoms with Crippen molar-refractivity contribution in [2.24, 2.45) is 0 Å². The first kappa shape index (κ1) is 11.3. The van der Waals surface area contributed by atoms with Gasteiger partial charge in [0, 0.05) is 46.7 Å². The zero-order valence-electron chi connectivity index (χ0n) is 11.1. The third kappa shape index (κ3) is 1.56. The number of nitrogens with one attached hydrogen (secondary N) is 2. The molecule has 0 amide bonds. The molecule has 0 fully saturated rings. The van der Waals surface area contributed by atoms with Crippen LogP contribution in [0.1, 0.15) is 11.1 Å². The van der Waals surface area contributed by atoms with Crippen molar-refractivity contribution < 1.29 is 0 Å². The Labute approximate surface area is 117 Å². The van der Waals surface area contributed by atoms with E-state index in [1.165, 1.54) is 27.7 Å². The number of nitrogens with zero attached hydrogens (tertiary/aromatic N) is 1. The average molecular weight is 261 g/mol. The van der Waals surface area contributed by atoms with Crippen molar-refractivity contribution in [2.45, 2.75) is 6.42 Å². The van der Waals surface area contributed by atoms with Crippen LogP contribution in [0.4, 0.5) is 0 Å². The number of pyridine rings is 1. The van der Waals surface area contributed by atoms with Gasteiger partial charge in [-0.3, -0.25) is 4.98 Å². The first-order valence-electron chi connectivity index (χ1n) is 6.82. The lowest BCUT2D eigenvalue weighted by molar-refractivity contribution is 0.863. The van der Waals surface area contributed by atoms with E-state index in [4.69, 9.17) is 0 Å². The summed E-state index contributed by atoms with van der Waals surface area (Å²) in [6, 6.07) is 10.4. The van der Waals surface area contributed by atoms with E-state index in [0.717, 1.165) is 24.2 Å². The van der Waals surface area contributed by atoms with Gasteiger partial charge in [-0.15, -0.1) is 0 Å². The van der Waals surface area contributed by atoms with E-state index in [0.29, 0.717) is 0 Å². The highest BCUT2D eigenvalue weighted by Crippen LogP contribution is 2.35. The average Bonchev–Trinajstić information content (AvgIpc) is 2.78. The first-order chi connectivity index (χ1) is 9.84. The van der Waals surface area contributed by atoms with Crippen LogP contribution in [0.3, 0.4) is 0 Å². The van der Waals surface area contributed by atoms with Crippen LogP contribution in [-0.4, -0.2) is 16.5 Å². The van der Waals surface area contributed by atoms with Gasteiger partial charge in [-0.1, -0.05) is 18.7 Å². The van der Waals surface area contributed by atoms with Gasteiger partial charge in [0.05, 0.1) is 5.69 Å². The molecule has 2 aromatic heterocycles. The topological polar surface area (TPSA) is 40.7 Å². The Balaban J connectivity index is 2.07. The van der Waals surface area contributed by atoms with Crippen molar-refractivity contribution in [2.75, 3.05) is 6.54 Å². The molecule has 0 atom stereocenters. The number of rotatable bonds is 1. The monoisotopic (exact) mass is 261 g/mol. The fraction of sp³-hybridized carbons (Fsp3) is 0.118. The standard InChI is InChI=1S/C17H15N3/c1-11-13-5-2-6-15-16(13)14(7-9-19-11)17(20-15)12-4-3-8-18-10-12/h2-6,8,10,19-20H,1,7,9H2. The molecule has 0 aliphatic carbocycles. The maximum absolute atomic E-state index is 4.23. The molecule has 0 radical (unpaired) electrons. The van der Waals surface area contributed by atoms with Crippen LogP contribution in [0.25, 0.3) is 27.9 Å². The molecule has 1 aromatic carbocycles. The summed E-state index contributed by atoms with van der Waals surface area (Å²) in [5, 5.41) is 4.69. The number of aromatic nitrogens is 2. The molecule has 4 rings (SSSR count). The molecule has 0 saturated heterocycles. The van der Waals surface area contributed by atoms with Crippen molar-refractivity contribution in [1.29, 1.82) is 0 Å². The number of benzene rings is 1. The second-order valence-electron chi connectivity index (χ2n) is 5.10. The lowest BCUT2D eigenvalue weighted by Crippen LogP contribution is -2.12. The molecule has 3 heterocycles. The molecular weight excluding hydrogens is 246 g/mol. The van der Waals surface area contributed by atoms with E-state index >= 15 is 0 Å². The van der Waals surface area contributed by atoms with Crippen molar-refractivity contribution >= 4 is 16.6 Å². The summed E-state index contributed by atoms with van der Waals surface area (Å²) in [5.74, 6) is 0. The lowest BCUT2D eigenvalue weighted by atomic mass is 10.0. The van der Waals surface area contributed by atoms with E-state index < -0.39 is 0 Å². The summed E-state index contributed by atoms with van der Waals surface area (Å²) >= 11 is 0. The van der Waals surface area contributed by atoms with Crippen LogP contribution >= 0.6 is 0 Å². The first-order valence-corrected chi connectivity index (χ1v) is 6.82. The number of H-pyrrole nitrogens is 1. The molecular formula is C17H15N3. The molecule has 1 aliphatic heterocycles. The molecule has 3 heteroatoms. The van der Waals surface area contributed by atoms with Crippen LogP contribution in [0.5, 0.6) is 0 Å². The van der Waals surface area contributed by atoms with Gasteiger partial charge in [0.25, 0.3) is 0 Å². The Hall–Kier alpha value is -2.55. The summed E-state index contributed by atoms with van der Waals surface area (Å²) in [6.45, 7) is 5.05. The van der Waals surface area contributed by atoms with Gasteiger partial charge in [-0.25, -0.2) is 0 Å². The normalized spacial score (nSPS) is 14.1. The third-order valence-corrected chi connectivity index (χ3v) is 3.92. The van der Waals surface area contributed by atoms with Crippen LogP contribution in [0.15, 0.2) is 49.3 Å². The summed E-state index contributed by atoms with van der Waals surface area (Å²) in [5.41, 5.74) is 7.04. The molecule has 2 N–H and O–H groups in total. The van der Waals surface area contributed by atoms with Crippen molar-refractivity contribution in [3.8, 4) is 11.3 Å². The van der Waals surface area contributed by atoms with Crippen molar-refractivity contribution in [3.63, 3.8) is 0 Å². The fourth-order valence-electron chi connectivity index (χ4n) is 3.01. The quantitative estimate of drug-likeness (QED) is 0.705. The summed E-state index contributed by atoms with van der Waals surface area (Å²) in [6.07, 6.45) is 4.70. The van der Waals surface area contributed by atoms with Crippen LogP contribution < -0.4 is 5.32 Å². The largest absolute Gasteiger partial charge is 0.385 e. The molecule has 0 saturated carbocycles. The second kappa shape index (κ2) is 4.23. The summed E-state index contributed by atoms with van der Waals surface area (Å²) < 4.78 is 0. The molecule has 20 heavy (non-hydrogen) atoms. The van der Waals surface area contributed by atoms with Gasteiger partial charge in [-0.2, -0.15) is 0 Å². The highest BCUT2D eigenvalue weighted by molar-refractivity contribution is 5.99. The smallest absolute Gasteiger partial charge is 0.0513 e. The molecule has 98 valence electrons. The minimum absolute atomic E-state index is 0.910. The van der Waals surface area contributed by atoms with Crippen LogP contribution in [0.2, 0.25) is 0 Å². The zero-order chi connectivity index (χ0) is 13.5. The number of aromatic amines is 1. The van der Waals surface area contributed by atoms with Gasteiger partial charge in [-0.05, 0) is 30.2 Å². The minimum Gasteiger partial charge on any atom is -0.385 e. The Bertz CT molecular complexity index is 800. The predicted molar refractivity (Wildman–Crippen MR) is 82.3 cm³/mol. The highest BCUT2D eigenvalue weighted by atomic mass is 14.9. The summed E-state index contributed by atoms with van der Waals surface area (Å²) in [4.78, 5) is 7.78. The molecule has 3 nitrogen and oxygen atoms in total. The third-order valence-electron chi connectivity index (χ3n) is 3.92. The van der Waals surface area contributed by atoms with Gasteiger partial charge in [0.2, 0.25) is 0 Å². The molecule has 0 unspecified atom stereocenters. The maximum atomic E-state index is 4.23. The van der Waals surface area contributed by atoms with Crippen molar-refractivity contribution in [3.05, 3.63) is 60.4 Å². The van der Waals surface area contributed by atoms with Crippen LogP contribution in [-0.2, 0) is 6.42 Å². The Morgan fingerprint density at radius 1 is 1.15 bits per heavy atom. The van der Waals surface area contributed by atoms with Gasteiger partial charge in [0.15, 0.2) is 0 Å². The van der Waals surface area contributed by atoms with E-state index in [-0.39, 0.29) is 0 Å². The summed E-state index contributed by atoms with van der Waals surface area (Å²) in [7, 11) is 0. The Morgan fingerprint density at radius 2 is 2.10 bits per heavy atom. The van der Waals surface area contributed by atoms with Crippen LogP contribution in [0, 0.1) is 0 Å². The molecule has 1 aliphatic rings. The number of hydrogen-bond donors (Lipinski definition) is 2. The minimum atomic E-state index is 0.910. The zero-order valence-corrected chi connectivity index (χ0v) is 11.1. The van der Waals surface area contributed by atoms with Gasteiger partial charge in [0.1, 0.15) is 0 Å². The predicted octanol–water partition coefficient (Wildman–Crippen LogP) is 3.35. The molecule has 0 spiro atoms. The Kier molecular flexibility index (Phi) is 2.39. The van der Waals surface area contributed by atoms with E-state index in [2.05, 4.69) is 46.1 Å². The Morgan fingerprint density at radius 3 is 2.95 bits per heavy atom. The molecule has 3 aromatic rings. The lowest BCUT2D eigenvalue weighted by Gasteiger charge is -2.06. The van der Waals surface area contributed by atoms with Crippen molar-refractivity contribution in [1.82, 2.24) is 15.3 Å².